The van der Waals surface area contributed by atoms with Gasteiger partial charge in [0, 0.05) is 11.8 Å². The Hall–Kier alpha value is -2.74. The maximum atomic E-state index is 12.8. The van der Waals surface area contributed by atoms with Crippen LogP contribution in [0.5, 0.6) is 5.75 Å². The van der Waals surface area contributed by atoms with E-state index < -0.39 is 6.10 Å². The lowest BCUT2D eigenvalue weighted by Gasteiger charge is -2.16. The van der Waals surface area contributed by atoms with E-state index in [-0.39, 0.29) is 24.5 Å². The van der Waals surface area contributed by atoms with Crippen LogP contribution in [0.25, 0.3) is 5.78 Å². The van der Waals surface area contributed by atoms with Crippen LogP contribution in [0.3, 0.4) is 0 Å². The number of aromatic nitrogens is 4. The highest BCUT2D eigenvalue weighted by molar-refractivity contribution is 5.29. The lowest BCUT2D eigenvalue weighted by atomic mass is 10.3. The third-order valence-electron chi connectivity index (χ3n) is 3.39. The predicted octanol–water partition coefficient (Wildman–Crippen LogP) is 0.778. The summed E-state index contributed by atoms with van der Waals surface area (Å²) in [5.41, 5.74) is 0.389. The van der Waals surface area contributed by atoms with Gasteiger partial charge in [-0.15, -0.1) is 0 Å². The second kappa shape index (κ2) is 6.17. The summed E-state index contributed by atoms with van der Waals surface area (Å²) >= 11 is 0. The van der Waals surface area contributed by atoms with E-state index >= 15 is 0 Å². The zero-order valence-corrected chi connectivity index (χ0v) is 12.4. The first kappa shape index (κ1) is 15.2. The van der Waals surface area contributed by atoms with E-state index in [1.165, 1.54) is 41.2 Å². The first-order chi connectivity index (χ1) is 11.0. The fourth-order valence-electron chi connectivity index (χ4n) is 2.26. The lowest BCUT2D eigenvalue weighted by Crippen LogP contribution is -2.28. The fraction of sp³-hybridized carbons (Fsp3) is 0.267. The van der Waals surface area contributed by atoms with E-state index in [9.17, 15) is 14.3 Å². The molecule has 7 nitrogen and oxygen atoms in total. The van der Waals surface area contributed by atoms with Gasteiger partial charge in [-0.05, 0) is 31.2 Å². The minimum absolute atomic E-state index is 0.0253. The van der Waals surface area contributed by atoms with Gasteiger partial charge in [0.2, 0.25) is 5.78 Å². The van der Waals surface area contributed by atoms with Crippen LogP contribution in [0.15, 0.2) is 41.5 Å². The van der Waals surface area contributed by atoms with Crippen LogP contribution in [-0.4, -0.2) is 37.0 Å². The van der Waals surface area contributed by atoms with E-state index in [0.717, 1.165) is 0 Å². The molecular formula is C15H15FN4O3. The molecule has 0 saturated heterocycles. The summed E-state index contributed by atoms with van der Waals surface area (Å²) in [6, 6.07) is 6.97. The van der Waals surface area contributed by atoms with Crippen molar-refractivity contribution in [1.29, 1.82) is 0 Å². The van der Waals surface area contributed by atoms with Crippen molar-refractivity contribution in [3.63, 3.8) is 0 Å². The number of nitrogens with zero attached hydrogens (tertiary/aromatic N) is 4. The average Bonchev–Trinajstić information content (AvgIpc) is 3.01. The van der Waals surface area contributed by atoms with Gasteiger partial charge in [0.15, 0.2) is 0 Å². The zero-order valence-electron chi connectivity index (χ0n) is 12.4. The van der Waals surface area contributed by atoms with Crippen LogP contribution >= 0.6 is 0 Å². The van der Waals surface area contributed by atoms with Crippen LogP contribution in [0.4, 0.5) is 4.39 Å². The van der Waals surface area contributed by atoms with Gasteiger partial charge < -0.3 is 14.4 Å². The molecule has 8 heteroatoms. The topological polar surface area (TPSA) is 81.7 Å². The van der Waals surface area contributed by atoms with Crippen molar-refractivity contribution in [2.24, 2.45) is 0 Å². The molecule has 2 heterocycles. The molecule has 0 unspecified atom stereocenters. The Morgan fingerprint density at radius 2 is 2.09 bits per heavy atom. The molecule has 0 spiro atoms. The molecule has 120 valence electrons. The number of ether oxygens (including phenoxy) is 1. The molecule has 3 aromatic rings. The fourth-order valence-corrected chi connectivity index (χ4v) is 2.26. The van der Waals surface area contributed by atoms with E-state index in [4.69, 9.17) is 4.74 Å². The monoisotopic (exact) mass is 318 g/mol. The summed E-state index contributed by atoms with van der Waals surface area (Å²) in [5.74, 6) is 0.474. The smallest absolute Gasteiger partial charge is 0.275 e. The number of aliphatic hydroxyl groups excluding tert-OH is 1. The van der Waals surface area contributed by atoms with Gasteiger partial charge in [-0.25, -0.2) is 4.39 Å². The standard InChI is InChI=1S/C15H15FN4O3/c1-10-6-14(22)20-15(17-9-18-20)19(10)7-12(21)8-23-13-4-2-11(16)3-5-13/h2-6,9,12,21H,7-8H2,1H3/t12-/m1/s1. The third-order valence-corrected chi connectivity index (χ3v) is 3.39. The zero-order chi connectivity index (χ0) is 16.4. The molecule has 0 bridgehead atoms. The van der Waals surface area contributed by atoms with Crippen LogP contribution in [0.1, 0.15) is 5.69 Å². The molecule has 1 atom stereocenters. The van der Waals surface area contributed by atoms with Gasteiger partial charge in [0.25, 0.3) is 5.56 Å². The van der Waals surface area contributed by atoms with E-state index in [0.29, 0.717) is 17.2 Å². The van der Waals surface area contributed by atoms with Crippen molar-refractivity contribution in [2.75, 3.05) is 6.61 Å². The summed E-state index contributed by atoms with van der Waals surface area (Å²) < 4.78 is 21.1. The SMILES string of the molecule is Cc1cc(=O)n2ncnc2n1C[C@@H](O)COc1ccc(F)cc1. The molecule has 0 aliphatic rings. The normalized spacial score (nSPS) is 12.5. The lowest BCUT2D eigenvalue weighted by molar-refractivity contribution is 0.0924. The van der Waals surface area contributed by atoms with Crippen LogP contribution in [0.2, 0.25) is 0 Å². The predicted molar refractivity (Wildman–Crippen MR) is 79.9 cm³/mol. The van der Waals surface area contributed by atoms with Crippen molar-refractivity contribution >= 4 is 5.78 Å². The van der Waals surface area contributed by atoms with Gasteiger partial charge in [-0.2, -0.15) is 14.6 Å². The highest BCUT2D eigenvalue weighted by Crippen LogP contribution is 2.12. The van der Waals surface area contributed by atoms with E-state index in [2.05, 4.69) is 10.1 Å². The highest BCUT2D eigenvalue weighted by Gasteiger charge is 2.13. The second-order valence-corrected chi connectivity index (χ2v) is 5.13. The van der Waals surface area contributed by atoms with E-state index in [1.54, 1.807) is 11.5 Å². The van der Waals surface area contributed by atoms with Gasteiger partial charge >= 0.3 is 0 Å². The Balaban J connectivity index is 1.73. The molecule has 0 radical (unpaired) electrons. The molecule has 0 aliphatic heterocycles. The number of aliphatic hydroxyl groups is 1. The summed E-state index contributed by atoms with van der Waals surface area (Å²) in [6.45, 7) is 1.97. The Morgan fingerprint density at radius 3 is 2.83 bits per heavy atom. The highest BCUT2D eigenvalue weighted by atomic mass is 19.1. The largest absolute Gasteiger partial charge is 0.491 e. The molecule has 2 aromatic heterocycles. The van der Waals surface area contributed by atoms with Crippen molar-refractivity contribution in [3.05, 3.63) is 58.5 Å². The minimum Gasteiger partial charge on any atom is -0.491 e. The van der Waals surface area contributed by atoms with Gasteiger partial charge in [0.1, 0.15) is 30.6 Å². The number of fused-ring (bicyclic) bond motifs is 1. The Kier molecular flexibility index (Phi) is 4.07. The Morgan fingerprint density at radius 1 is 1.35 bits per heavy atom. The molecule has 1 N–H and O–H groups in total. The molecule has 0 saturated carbocycles. The number of halogens is 1. The second-order valence-electron chi connectivity index (χ2n) is 5.13. The maximum Gasteiger partial charge on any atom is 0.275 e. The summed E-state index contributed by atoms with van der Waals surface area (Å²) in [4.78, 5) is 15.8. The number of benzene rings is 1. The Bertz CT molecular complexity index is 873. The summed E-state index contributed by atoms with van der Waals surface area (Å²) in [5, 5.41) is 14.0. The average molecular weight is 318 g/mol. The van der Waals surface area contributed by atoms with Crippen LogP contribution < -0.4 is 10.3 Å². The number of hydrogen-bond donors (Lipinski definition) is 1. The van der Waals surface area contributed by atoms with Gasteiger partial charge in [-0.3, -0.25) is 4.79 Å². The summed E-state index contributed by atoms with van der Waals surface area (Å²) in [6.07, 6.45) is 0.454. The number of rotatable bonds is 5. The van der Waals surface area contributed by atoms with Crippen molar-refractivity contribution in [2.45, 2.75) is 19.6 Å². The molecule has 0 amide bonds. The maximum absolute atomic E-state index is 12.8. The van der Waals surface area contributed by atoms with Crippen molar-refractivity contribution < 1.29 is 14.2 Å². The van der Waals surface area contributed by atoms with Gasteiger partial charge in [0.05, 0.1) is 6.54 Å². The molecule has 0 aliphatic carbocycles. The molecular weight excluding hydrogens is 303 g/mol. The summed E-state index contributed by atoms with van der Waals surface area (Å²) in [7, 11) is 0. The van der Waals surface area contributed by atoms with Crippen molar-refractivity contribution in [1.82, 2.24) is 19.2 Å². The third kappa shape index (κ3) is 3.21. The first-order valence-electron chi connectivity index (χ1n) is 7.01. The number of aryl methyl sites for hydroxylation is 1. The van der Waals surface area contributed by atoms with Gasteiger partial charge in [-0.1, -0.05) is 0 Å². The Labute approximate surface area is 130 Å². The number of hydrogen-bond acceptors (Lipinski definition) is 5. The first-order valence-corrected chi connectivity index (χ1v) is 7.01. The van der Waals surface area contributed by atoms with Crippen LogP contribution in [-0.2, 0) is 6.54 Å². The molecule has 23 heavy (non-hydrogen) atoms. The molecule has 1 aromatic carbocycles. The minimum atomic E-state index is -0.832. The quantitative estimate of drug-likeness (QED) is 0.752. The van der Waals surface area contributed by atoms with Crippen LogP contribution in [0, 0.1) is 12.7 Å². The van der Waals surface area contributed by atoms with E-state index in [1.807, 2.05) is 0 Å². The van der Waals surface area contributed by atoms with Crippen molar-refractivity contribution in [3.8, 4) is 5.75 Å². The molecule has 0 fully saturated rings. The molecule has 3 rings (SSSR count).